The summed E-state index contributed by atoms with van der Waals surface area (Å²) in [5.41, 5.74) is 1.44. The van der Waals surface area contributed by atoms with Crippen molar-refractivity contribution in [1.82, 2.24) is 15.5 Å². The van der Waals surface area contributed by atoms with Crippen molar-refractivity contribution in [1.29, 1.82) is 0 Å². The summed E-state index contributed by atoms with van der Waals surface area (Å²) >= 11 is 0. The van der Waals surface area contributed by atoms with Crippen LogP contribution in [0.2, 0.25) is 0 Å². The monoisotopic (exact) mass is 507 g/mol. The van der Waals surface area contributed by atoms with E-state index in [9.17, 15) is 29.4 Å². The van der Waals surface area contributed by atoms with Crippen molar-refractivity contribution in [3.05, 3.63) is 29.3 Å². The largest absolute Gasteiger partial charge is 0.497 e. The summed E-state index contributed by atoms with van der Waals surface area (Å²) in [7, 11) is 3.32. The van der Waals surface area contributed by atoms with Gasteiger partial charge in [-0.2, -0.15) is 0 Å². The first kappa shape index (κ1) is 29.1. The SMILES string of the molecule is COc1ccc2c(c1)C(C(=O)NC(COCCC(NC(=O)CC(C)(C)C)C(=O)O)C(=O)O)N(C)CC2. The van der Waals surface area contributed by atoms with Gasteiger partial charge in [-0.25, -0.2) is 9.59 Å². The van der Waals surface area contributed by atoms with E-state index in [1.54, 1.807) is 13.1 Å². The number of carbonyl (C=O) groups excluding carboxylic acids is 2. The van der Waals surface area contributed by atoms with Crippen LogP contribution in [0.1, 0.15) is 50.8 Å². The Labute approximate surface area is 211 Å². The number of carboxylic acid groups (broad SMARTS) is 2. The number of amides is 2. The normalized spacial score (nSPS) is 17.4. The molecule has 0 saturated heterocycles. The maximum absolute atomic E-state index is 13.1. The first-order chi connectivity index (χ1) is 16.8. The molecule has 200 valence electrons. The topological polar surface area (TPSA) is 154 Å². The first-order valence-electron chi connectivity index (χ1n) is 11.8. The molecule has 2 amide bonds. The molecule has 0 bridgehead atoms. The van der Waals surface area contributed by atoms with Crippen molar-refractivity contribution in [2.45, 2.75) is 58.2 Å². The van der Waals surface area contributed by atoms with Gasteiger partial charge in [0, 0.05) is 26.0 Å². The molecule has 1 heterocycles. The molecule has 3 unspecified atom stereocenters. The molecule has 1 aliphatic rings. The molecule has 0 aliphatic carbocycles. The molecule has 11 heteroatoms. The second-order valence-corrected chi connectivity index (χ2v) is 10.2. The number of nitrogens with one attached hydrogen (secondary N) is 2. The van der Waals surface area contributed by atoms with Gasteiger partial charge in [0.25, 0.3) is 0 Å². The van der Waals surface area contributed by atoms with Crippen molar-refractivity contribution in [3.63, 3.8) is 0 Å². The van der Waals surface area contributed by atoms with E-state index in [0.29, 0.717) is 12.3 Å². The van der Waals surface area contributed by atoms with E-state index in [-0.39, 0.29) is 37.4 Å². The van der Waals surface area contributed by atoms with Crippen LogP contribution in [0.15, 0.2) is 18.2 Å². The quantitative estimate of drug-likeness (QED) is 0.306. The lowest BCUT2D eigenvalue weighted by Crippen LogP contribution is -2.50. The molecule has 36 heavy (non-hydrogen) atoms. The number of carbonyl (C=O) groups is 4. The highest BCUT2D eigenvalue weighted by atomic mass is 16.5. The van der Waals surface area contributed by atoms with Gasteiger partial charge >= 0.3 is 11.9 Å². The fraction of sp³-hybridized carbons (Fsp3) is 0.600. The number of aliphatic carboxylic acids is 2. The van der Waals surface area contributed by atoms with Crippen LogP contribution in [0.3, 0.4) is 0 Å². The van der Waals surface area contributed by atoms with E-state index in [1.807, 2.05) is 37.8 Å². The second-order valence-electron chi connectivity index (χ2n) is 10.2. The molecule has 0 saturated carbocycles. The standard InChI is InChI=1S/C25H37N3O8/c1-25(2,3)13-20(29)26-18(23(31)32)9-11-36-14-19(24(33)34)27-22(30)21-17-12-16(35-5)7-6-15(17)8-10-28(21)4/h6-7,12,18-19,21H,8-11,13-14H2,1-5H3,(H,26,29)(H,27,30)(H,31,32)(H,33,34). The Bertz CT molecular complexity index is 959. The third kappa shape index (κ3) is 8.49. The number of hydrogen-bond acceptors (Lipinski definition) is 7. The van der Waals surface area contributed by atoms with Crippen LogP contribution in [0.4, 0.5) is 0 Å². The number of likely N-dealkylation sites (N-methyl/N-ethyl adjacent to an activating group) is 1. The highest BCUT2D eigenvalue weighted by molar-refractivity contribution is 5.88. The third-order valence-corrected chi connectivity index (χ3v) is 5.84. The smallest absolute Gasteiger partial charge is 0.328 e. The molecular formula is C25H37N3O8. The number of fused-ring (bicyclic) bond motifs is 1. The maximum Gasteiger partial charge on any atom is 0.328 e. The molecule has 0 fully saturated rings. The van der Waals surface area contributed by atoms with Gasteiger partial charge < -0.3 is 30.3 Å². The average molecular weight is 508 g/mol. The van der Waals surface area contributed by atoms with E-state index >= 15 is 0 Å². The molecule has 3 atom stereocenters. The van der Waals surface area contributed by atoms with E-state index < -0.39 is 36.0 Å². The molecular weight excluding hydrogens is 470 g/mol. The van der Waals surface area contributed by atoms with Gasteiger partial charge in [-0.1, -0.05) is 26.8 Å². The van der Waals surface area contributed by atoms with Crippen molar-refractivity contribution in [2.75, 3.05) is 33.9 Å². The van der Waals surface area contributed by atoms with Gasteiger partial charge in [-0.05, 0) is 42.1 Å². The van der Waals surface area contributed by atoms with Gasteiger partial charge in [0.1, 0.15) is 17.8 Å². The van der Waals surface area contributed by atoms with Crippen LogP contribution in [0, 0.1) is 5.41 Å². The van der Waals surface area contributed by atoms with Crippen molar-refractivity contribution >= 4 is 23.8 Å². The zero-order chi connectivity index (χ0) is 27.0. The maximum atomic E-state index is 13.1. The summed E-state index contributed by atoms with van der Waals surface area (Å²) in [5.74, 6) is -2.76. The van der Waals surface area contributed by atoms with Gasteiger partial charge in [-0.3, -0.25) is 14.5 Å². The predicted molar refractivity (Wildman–Crippen MR) is 131 cm³/mol. The van der Waals surface area contributed by atoms with Crippen molar-refractivity contribution < 1.29 is 38.9 Å². The van der Waals surface area contributed by atoms with Crippen LogP contribution in [-0.4, -0.2) is 84.9 Å². The fourth-order valence-corrected chi connectivity index (χ4v) is 4.00. The Balaban J connectivity index is 1.96. The number of nitrogens with zero attached hydrogens (tertiary/aromatic N) is 1. The number of methoxy groups -OCH3 is 1. The summed E-state index contributed by atoms with van der Waals surface area (Å²) in [6, 6.07) is 2.31. The Morgan fingerprint density at radius 1 is 1.11 bits per heavy atom. The zero-order valence-corrected chi connectivity index (χ0v) is 21.5. The first-order valence-corrected chi connectivity index (χ1v) is 11.8. The molecule has 11 nitrogen and oxygen atoms in total. The van der Waals surface area contributed by atoms with Gasteiger partial charge in [-0.15, -0.1) is 0 Å². The molecule has 1 aromatic rings. The van der Waals surface area contributed by atoms with Gasteiger partial charge in [0.05, 0.1) is 13.7 Å². The predicted octanol–water partition coefficient (Wildman–Crippen LogP) is 1.21. The summed E-state index contributed by atoms with van der Waals surface area (Å²) in [6.45, 7) is 5.76. The molecule has 2 rings (SSSR count). The van der Waals surface area contributed by atoms with Crippen molar-refractivity contribution in [3.8, 4) is 5.75 Å². The fourth-order valence-electron chi connectivity index (χ4n) is 4.00. The van der Waals surface area contributed by atoms with E-state index in [4.69, 9.17) is 9.47 Å². The summed E-state index contributed by atoms with van der Waals surface area (Å²) in [4.78, 5) is 50.3. The lowest BCUT2D eigenvalue weighted by atomic mass is 9.92. The molecule has 1 aromatic carbocycles. The number of rotatable bonds is 12. The van der Waals surface area contributed by atoms with Crippen LogP contribution in [-0.2, 0) is 30.3 Å². The van der Waals surface area contributed by atoms with E-state index in [0.717, 1.165) is 17.5 Å². The van der Waals surface area contributed by atoms with Crippen LogP contribution >= 0.6 is 0 Å². The van der Waals surface area contributed by atoms with E-state index in [1.165, 1.54) is 7.11 Å². The molecule has 0 spiro atoms. The minimum atomic E-state index is -1.33. The number of carboxylic acids is 2. The summed E-state index contributed by atoms with van der Waals surface area (Å²) in [6.07, 6.45) is 0.863. The third-order valence-electron chi connectivity index (χ3n) is 5.84. The van der Waals surface area contributed by atoms with E-state index in [2.05, 4.69) is 10.6 Å². The highest BCUT2D eigenvalue weighted by Gasteiger charge is 2.34. The number of hydrogen-bond donors (Lipinski definition) is 4. The van der Waals surface area contributed by atoms with Crippen molar-refractivity contribution in [2.24, 2.45) is 5.41 Å². The van der Waals surface area contributed by atoms with Gasteiger partial charge in [0.15, 0.2) is 6.04 Å². The molecule has 4 N–H and O–H groups in total. The Morgan fingerprint density at radius 2 is 1.78 bits per heavy atom. The number of ether oxygens (including phenoxy) is 2. The van der Waals surface area contributed by atoms with Gasteiger partial charge in [0.2, 0.25) is 11.8 Å². The molecule has 0 aromatic heterocycles. The summed E-state index contributed by atoms with van der Waals surface area (Å²) in [5, 5.41) is 24.0. The zero-order valence-electron chi connectivity index (χ0n) is 21.5. The lowest BCUT2D eigenvalue weighted by molar-refractivity contribution is -0.145. The minimum absolute atomic E-state index is 0.0516. The Kier molecular flexibility index (Phi) is 10.2. The van der Waals surface area contributed by atoms with Crippen LogP contribution in [0.25, 0.3) is 0 Å². The Hall–Kier alpha value is -3.18. The number of benzene rings is 1. The molecule has 0 radical (unpaired) electrons. The summed E-state index contributed by atoms with van der Waals surface area (Å²) < 4.78 is 10.7. The highest BCUT2D eigenvalue weighted by Crippen LogP contribution is 2.31. The second kappa shape index (κ2) is 12.7. The van der Waals surface area contributed by atoms with Crippen LogP contribution in [0.5, 0.6) is 5.75 Å². The average Bonchev–Trinajstić information content (AvgIpc) is 2.77. The lowest BCUT2D eigenvalue weighted by Gasteiger charge is -2.34. The van der Waals surface area contributed by atoms with Crippen LogP contribution < -0.4 is 15.4 Å². The minimum Gasteiger partial charge on any atom is -0.497 e. The molecule has 1 aliphatic heterocycles. The Morgan fingerprint density at radius 3 is 2.36 bits per heavy atom.